The van der Waals surface area contributed by atoms with Crippen molar-refractivity contribution in [2.75, 3.05) is 0 Å². The molecule has 1 aliphatic heterocycles. The summed E-state index contributed by atoms with van der Waals surface area (Å²) in [6, 6.07) is 0. The van der Waals surface area contributed by atoms with Gasteiger partial charge in [-0.3, -0.25) is 5.09 Å². The van der Waals surface area contributed by atoms with Crippen LogP contribution in [0, 0.1) is 0 Å². The third-order valence-corrected chi connectivity index (χ3v) is 5.20. The van der Waals surface area contributed by atoms with E-state index in [1.807, 2.05) is 0 Å². The van der Waals surface area contributed by atoms with Crippen LogP contribution in [0.3, 0.4) is 0 Å². The Bertz CT molecular complexity index is 174. The Morgan fingerprint density at radius 1 is 1.07 bits per heavy atom. The molecule has 2 unspecified atom stereocenters. The van der Waals surface area contributed by atoms with Crippen molar-refractivity contribution in [2.24, 2.45) is 0 Å². The fourth-order valence-electron chi connectivity index (χ4n) is 0.941. The molecule has 0 aromatic rings. The monoisotopic (exact) mass is 236 g/mol. The molecule has 84 valence electrons. The van der Waals surface area contributed by atoms with Gasteiger partial charge in [0.2, 0.25) is 0 Å². The molecule has 0 saturated carbocycles. The molecule has 2 atom stereocenters. The summed E-state index contributed by atoms with van der Waals surface area (Å²) in [6.07, 6.45) is 0. The molecule has 14 heavy (non-hydrogen) atoms. The van der Waals surface area contributed by atoms with E-state index in [0.29, 0.717) is 8.88 Å². The third kappa shape index (κ3) is 4.48. The van der Waals surface area contributed by atoms with Crippen LogP contribution in [0.5, 0.6) is 0 Å². The van der Waals surface area contributed by atoms with E-state index in [-0.39, 0.29) is 19.5 Å². The van der Waals surface area contributed by atoms with Crippen molar-refractivity contribution in [2.45, 2.75) is 52.6 Å². The molecule has 1 rings (SSSR count). The Labute approximate surface area is 90.4 Å². The summed E-state index contributed by atoms with van der Waals surface area (Å²) >= 11 is 0. The first-order valence-corrected chi connectivity index (χ1v) is 7.09. The summed E-state index contributed by atoms with van der Waals surface area (Å²) in [5.74, 6) is 0. The summed E-state index contributed by atoms with van der Waals surface area (Å²) < 4.78 is 2.28. The van der Waals surface area contributed by atoms with Gasteiger partial charge in [-0.2, -0.15) is 4.55 Å². The van der Waals surface area contributed by atoms with Crippen LogP contribution in [0.4, 0.5) is 0 Å². The predicted molar refractivity (Wildman–Crippen MR) is 66.0 cm³/mol. The summed E-state index contributed by atoms with van der Waals surface area (Å²) in [7, 11) is 0.311. The van der Waals surface area contributed by atoms with Crippen LogP contribution in [-0.4, -0.2) is 15.6 Å². The smallest absolute Gasteiger partial charge is 0.138 e. The molecule has 3 N–H and O–H groups in total. The average Bonchev–Trinajstić information content (AvgIpc) is 1.91. The van der Waals surface area contributed by atoms with Crippen LogP contribution in [0.25, 0.3) is 0 Å². The molecule has 1 saturated heterocycles. The Hall–Kier alpha value is 0.700. The SMILES string of the molecule is CC(C)(C)NN1PNP1NC(C)(C)C. The van der Waals surface area contributed by atoms with E-state index in [1.165, 1.54) is 0 Å². The number of nitrogens with one attached hydrogen (secondary N) is 3. The van der Waals surface area contributed by atoms with Gasteiger partial charge in [-0.15, -0.1) is 0 Å². The van der Waals surface area contributed by atoms with Crippen molar-refractivity contribution < 1.29 is 0 Å². The van der Waals surface area contributed by atoms with Gasteiger partial charge in [0, 0.05) is 20.0 Å². The first-order chi connectivity index (χ1) is 6.17. The molecule has 0 aromatic carbocycles. The van der Waals surface area contributed by atoms with E-state index in [1.54, 1.807) is 0 Å². The van der Waals surface area contributed by atoms with Gasteiger partial charge in [0.1, 0.15) is 8.37 Å². The normalized spacial score (nSPS) is 26.6. The van der Waals surface area contributed by atoms with Crippen molar-refractivity contribution in [1.82, 2.24) is 19.9 Å². The largest absolute Gasteiger partial charge is 0.265 e. The van der Waals surface area contributed by atoms with Gasteiger partial charge >= 0.3 is 0 Å². The molecule has 0 amide bonds. The molecule has 0 radical (unpaired) electrons. The Morgan fingerprint density at radius 2 is 1.64 bits per heavy atom. The second-order valence-electron chi connectivity index (χ2n) is 5.57. The third-order valence-electron chi connectivity index (χ3n) is 1.34. The van der Waals surface area contributed by atoms with Crippen LogP contribution in [0.2, 0.25) is 0 Å². The predicted octanol–water partition coefficient (Wildman–Crippen LogP) is 2.32. The van der Waals surface area contributed by atoms with Crippen LogP contribution in [-0.2, 0) is 0 Å². The molecule has 0 bridgehead atoms. The zero-order chi connectivity index (χ0) is 11.0. The first kappa shape index (κ1) is 12.8. The standard InChI is InChI=1S/C8H22N4P2/c1-7(2,3)9-12-13-11-14(12)10-8(4,5)6/h9-11,13H,1-6H3. The van der Waals surface area contributed by atoms with E-state index >= 15 is 0 Å². The maximum Gasteiger partial charge on any atom is 0.138 e. The first-order valence-electron chi connectivity index (χ1n) is 4.84. The van der Waals surface area contributed by atoms with Crippen LogP contribution in [0.15, 0.2) is 0 Å². The highest BCUT2D eigenvalue weighted by molar-refractivity contribution is 7.74. The molecule has 1 fully saturated rings. The lowest BCUT2D eigenvalue weighted by Crippen LogP contribution is -2.52. The average molecular weight is 236 g/mol. The minimum absolute atomic E-state index is 0.148. The highest BCUT2D eigenvalue weighted by atomic mass is 31.2. The van der Waals surface area contributed by atoms with Crippen LogP contribution in [0.1, 0.15) is 41.5 Å². The molecule has 1 aliphatic rings. The van der Waals surface area contributed by atoms with E-state index in [4.69, 9.17) is 0 Å². The van der Waals surface area contributed by atoms with Crippen molar-refractivity contribution in [1.29, 1.82) is 0 Å². The number of nitrogens with zero attached hydrogens (tertiary/aromatic N) is 1. The highest BCUT2D eigenvalue weighted by Crippen LogP contribution is 2.53. The van der Waals surface area contributed by atoms with Crippen molar-refractivity contribution in [3.05, 3.63) is 0 Å². The number of rotatable bonds is 2. The van der Waals surface area contributed by atoms with Crippen molar-refractivity contribution in [3.63, 3.8) is 0 Å². The number of hydrazine groups is 1. The molecule has 1 heterocycles. The second-order valence-corrected chi connectivity index (χ2v) is 8.76. The minimum atomic E-state index is -0.379. The van der Waals surface area contributed by atoms with Gasteiger partial charge in [-0.05, 0) is 41.5 Å². The van der Waals surface area contributed by atoms with Gasteiger partial charge in [0.05, 0.1) is 0 Å². The second kappa shape index (κ2) is 4.29. The molecular formula is C8H22N4P2. The zero-order valence-electron chi connectivity index (χ0n) is 9.89. The fraction of sp³-hybridized carbons (Fsp3) is 1.00. The van der Waals surface area contributed by atoms with Gasteiger partial charge in [-0.1, -0.05) is 0 Å². The summed E-state index contributed by atoms with van der Waals surface area (Å²) in [5, 5.41) is 3.55. The van der Waals surface area contributed by atoms with Gasteiger partial charge in [0.25, 0.3) is 0 Å². The molecule has 6 heteroatoms. The number of hydrogen-bond acceptors (Lipinski definition) is 4. The summed E-state index contributed by atoms with van der Waals surface area (Å²) in [6.45, 7) is 13.1. The summed E-state index contributed by atoms with van der Waals surface area (Å²) in [5.41, 5.74) is 3.79. The zero-order valence-corrected chi connectivity index (χ0v) is 11.8. The van der Waals surface area contributed by atoms with E-state index < -0.39 is 0 Å². The number of hydrogen-bond donors (Lipinski definition) is 3. The minimum Gasteiger partial charge on any atom is -0.265 e. The Balaban J connectivity index is 2.36. The quantitative estimate of drug-likeness (QED) is 0.643. The van der Waals surface area contributed by atoms with Crippen LogP contribution < -0.4 is 15.4 Å². The van der Waals surface area contributed by atoms with E-state index in [2.05, 4.69) is 61.5 Å². The molecule has 0 spiro atoms. The molecule has 0 aromatic heterocycles. The lowest BCUT2D eigenvalue weighted by atomic mass is 10.1. The lowest BCUT2D eigenvalue weighted by molar-refractivity contribution is 0.318. The van der Waals surface area contributed by atoms with E-state index in [0.717, 1.165) is 0 Å². The molecule has 0 aliphatic carbocycles. The Kier molecular flexibility index (Phi) is 3.91. The van der Waals surface area contributed by atoms with Gasteiger partial charge in [0.15, 0.2) is 0 Å². The van der Waals surface area contributed by atoms with Gasteiger partial charge < -0.3 is 0 Å². The molecule has 4 nitrogen and oxygen atoms in total. The summed E-state index contributed by atoms with van der Waals surface area (Å²) in [4.78, 5) is 3.42. The highest BCUT2D eigenvalue weighted by Gasteiger charge is 2.33. The Morgan fingerprint density at radius 3 is 1.93 bits per heavy atom. The van der Waals surface area contributed by atoms with Crippen molar-refractivity contribution >= 4 is 17.3 Å². The molecular weight excluding hydrogens is 214 g/mol. The maximum absolute atomic E-state index is 3.55. The van der Waals surface area contributed by atoms with Crippen molar-refractivity contribution in [3.8, 4) is 0 Å². The van der Waals surface area contributed by atoms with Crippen LogP contribution >= 0.6 is 17.3 Å². The fourth-order valence-corrected chi connectivity index (χ4v) is 4.04. The van der Waals surface area contributed by atoms with E-state index in [9.17, 15) is 0 Å². The maximum atomic E-state index is 3.55. The lowest BCUT2D eigenvalue weighted by Gasteiger charge is -2.46. The topological polar surface area (TPSA) is 39.3 Å². The van der Waals surface area contributed by atoms with Gasteiger partial charge in [-0.25, -0.2) is 10.3 Å².